The van der Waals surface area contributed by atoms with Gasteiger partial charge in [-0.15, -0.1) is 0 Å². The molecule has 2 aromatic carbocycles. The van der Waals surface area contributed by atoms with Gasteiger partial charge in [0, 0.05) is 29.5 Å². The molecule has 0 spiro atoms. The second kappa shape index (κ2) is 9.71. The van der Waals surface area contributed by atoms with E-state index in [1.54, 1.807) is 60.7 Å². The van der Waals surface area contributed by atoms with Crippen LogP contribution in [0.15, 0.2) is 84.0 Å². The summed E-state index contributed by atoms with van der Waals surface area (Å²) < 4.78 is 4.99. The number of hydrogen-bond acceptors (Lipinski definition) is 6. The van der Waals surface area contributed by atoms with Crippen molar-refractivity contribution in [2.45, 2.75) is 18.9 Å². The van der Waals surface area contributed by atoms with Gasteiger partial charge in [-0.3, -0.25) is 14.4 Å². The first-order valence-electron chi connectivity index (χ1n) is 9.47. The highest BCUT2D eigenvalue weighted by molar-refractivity contribution is 6.06. The highest BCUT2D eigenvalue weighted by Gasteiger charge is 2.28. The Labute approximate surface area is 174 Å². The Kier molecular flexibility index (Phi) is 6.83. The SMILES string of the molecule is NC(C(=O)OCC(=O)c1ccccc1)C1=CC=C(CC(=O)c2ccccc2)CC1=O. The van der Waals surface area contributed by atoms with Crippen molar-refractivity contribution < 1.29 is 23.9 Å². The lowest BCUT2D eigenvalue weighted by Gasteiger charge is -2.18. The summed E-state index contributed by atoms with van der Waals surface area (Å²) in [5.41, 5.74) is 7.62. The van der Waals surface area contributed by atoms with Crippen LogP contribution in [0.5, 0.6) is 0 Å². The van der Waals surface area contributed by atoms with Gasteiger partial charge in [0.1, 0.15) is 6.04 Å². The van der Waals surface area contributed by atoms with Crippen LogP contribution in [-0.4, -0.2) is 36.0 Å². The quantitative estimate of drug-likeness (QED) is 0.537. The van der Waals surface area contributed by atoms with Gasteiger partial charge in [0.15, 0.2) is 24.0 Å². The topological polar surface area (TPSA) is 104 Å². The lowest BCUT2D eigenvalue weighted by molar-refractivity contribution is -0.143. The van der Waals surface area contributed by atoms with Gasteiger partial charge in [-0.25, -0.2) is 4.79 Å². The average Bonchev–Trinajstić information content (AvgIpc) is 2.78. The van der Waals surface area contributed by atoms with E-state index >= 15 is 0 Å². The number of rotatable bonds is 8. The summed E-state index contributed by atoms with van der Waals surface area (Å²) >= 11 is 0. The second-order valence-electron chi connectivity index (χ2n) is 6.89. The lowest BCUT2D eigenvalue weighted by Crippen LogP contribution is -2.38. The largest absolute Gasteiger partial charge is 0.456 e. The van der Waals surface area contributed by atoms with E-state index < -0.39 is 18.6 Å². The molecule has 3 rings (SSSR count). The summed E-state index contributed by atoms with van der Waals surface area (Å²) in [5.74, 6) is -1.64. The molecular formula is C24H21NO5. The fourth-order valence-electron chi connectivity index (χ4n) is 3.06. The van der Waals surface area contributed by atoms with E-state index in [1.807, 2.05) is 6.07 Å². The zero-order valence-electron chi connectivity index (χ0n) is 16.2. The summed E-state index contributed by atoms with van der Waals surface area (Å²) in [6.45, 7) is -0.454. The molecule has 2 aromatic rings. The Hall–Kier alpha value is -3.64. The van der Waals surface area contributed by atoms with Gasteiger partial charge < -0.3 is 10.5 Å². The van der Waals surface area contributed by atoms with Gasteiger partial charge in [0.25, 0.3) is 0 Å². The molecule has 0 bridgehead atoms. The van der Waals surface area contributed by atoms with Crippen molar-refractivity contribution in [1.82, 2.24) is 0 Å². The van der Waals surface area contributed by atoms with Crippen molar-refractivity contribution in [2.75, 3.05) is 6.61 Å². The molecule has 0 saturated carbocycles. The predicted octanol–water partition coefficient (Wildman–Crippen LogP) is 2.84. The van der Waals surface area contributed by atoms with Crippen LogP contribution in [-0.2, 0) is 14.3 Å². The van der Waals surface area contributed by atoms with E-state index in [2.05, 4.69) is 0 Å². The minimum Gasteiger partial charge on any atom is -0.456 e. The molecule has 6 nitrogen and oxygen atoms in total. The van der Waals surface area contributed by atoms with Gasteiger partial charge in [-0.2, -0.15) is 0 Å². The van der Waals surface area contributed by atoms with Gasteiger partial charge in [0.2, 0.25) is 0 Å². The van der Waals surface area contributed by atoms with E-state index in [0.717, 1.165) is 0 Å². The normalized spacial score (nSPS) is 14.4. The summed E-state index contributed by atoms with van der Waals surface area (Å²) in [5, 5.41) is 0. The van der Waals surface area contributed by atoms with Crippen LogP contribution < -0.4 is 5.73 Å². The molecule has 0 heterocycles. The molecule has 1 aliphatic carbocycles. The average molecular weight is 403 g/mol. The first kappa shape index (κ1) is 21.1. The van der Waals surface area contributed by atoms with Gasteiger partial charge >= 0.3 is 5.97 Å². The number of carbonyl (C=O) groups is 4. The monoisotopic (exact) mass is 403 g/mol. The Balaban J connectivity index is 1.59. The van der Waals surface area contributed by atoms with Crippen molar-refractivity contribution in [2.24, 2.45) is 5.73 Å². The standard InChI is InChI=1S/C24H21NO5/c25-23(24(29)30-15-22(28)18-9-5-2-6-10-18)19-12-11-16(14-21(19)27)13-20(26)17-7-3-1-4-8-17/h1-12,23H,13-15,25H2. The first-order chi connectivity index (χ1) is 14.5. The van der Waals surface area contributed by atoms with Gasteiger partial charge in [-0.05, 0) is 0 Å². The van der Waals surface area contributed by atoms with Crippen molar-refractivity contribution >= 4 is 23.3 Å². The number of hydrogen-bond donors (Lipinski definition) is 1. The molecule has 2 N–H and O–H groups in total. The van der Waals surface area contributed by atoms with Crippen molar-refractivity contribution in [3.63, 3.8) is 0 Å². The predicted molar refractivity (Wildman–Crippen MR) is 111 cm³/mol. The third-order valence-electron chi connectivity index (χ3n) is 4.72. The summed E-state index contributed by atoms with van der Waals surface area (Å²) in [4.78, 5) is 49.0. The van der Waals surface area contributed by atoms with E-state index in [0.29, 0.717) is 16.7 Å². The molecule has 0 amide bonds. The van der Waals surface area contributed by atoms with Crippen LogP contribution in [0.1, 0.15) is 33.6 Å². The minimum atomic E-state index is -1.29. The number of nitrogens with two attached hydrogens (primary N) is 1. The Bertz CT molecular complexity index is 1020. The van der Waals surface area contributed by atoms with E-state index in [9.17, 15) is 19.2 Å². The zero-order chi connectivity index (χ0) is 21.5. The van der Waals surface area contributed by atoms with Crippen LogP contribution in [0.4, 0.5) is 0 Å². The van der Waals surface area contributed by atoms with E-state index in [4.69, 9.17) is 10.5 Å². The second-order valence-corrected chi connectivity index (χ2v) is 6.89. The van der Waals surface area contributed by atoms with Crippen LogP contribution in [0.3, 0.4) is 0 Å². The third kappa shape index (κ3) is 5.24. The fraction of sp³-hybridized carbons (Fsp3) is 0.167. The maximum absolute atomic E-state index is 12.5. The molecule has 0 saturated heterocycles. The molecule has 152 valence electrons. The molecule has 0 radical (unpaired) electrons. The molecule has 1 aliphatic rings. The Morgan fingerprint density at radius 1 is 0.867 bits per heavy atom. The van der Waals surface area contributed by atoms with Crippen LogP contribution in [0.2, 0.25) is 0 Å². The van der Waals surface area contributed by atoms with Crippen LogP contribution >= 0.6 is 0 Å². The van der Waals surface area contributed by atoms with Crippen molar-refractivity contribution in [3.8, 4) is 0 Å². The third-order valence-corrected chi connectivity index (χ3v) is 4.72. The molecular weight excluding hydrogens is 382 g/mol. The number of benzene rings is 2. The van der Waals surface area contributed by atoms with Gasteiger partial charge in [0.05, 0.1) is 0 Å². The molecule has 0 aliphatic heterocycles. The number of ether oxygens (including phenoxy) is 1. The Morgan fingerprint density at radius 3 is 2.00 bits per heavy atom. The number of allylic oxidation sites excluding steroid dienone is 3. The molecule has 6 heteroatoms. The van der Waals surface area contributed by atoms with E-state index in [-0.39, 0.29) is 35.8 Å². The molecule has 0 fully saturated rings. The van der Waals surface area contributed by atoms with Crippen LogP contribution in [0, 0.1) is 0 Å². The number of esters is 1. The van der Waals surface area contributed by atoms with Crippen molar-refractivity contribution in [1.29, 1.82) is 0 Å². The minimum absolute atomic E-state index is 0.00827. The smallest absolute Gasteiger partial charge is 0.328 e. The zero-order valence-corrected chi connectivity index (χ0v) is 16.2. The summed E-state index contributed by atoms with van der Waals surface area (Å²) in [7, 11) is 0. The molecule has 30 heavy (non-hydrogen) atoms. The first-order valence-corrected chi connectivity index (χ1v) is 9.47. The number of ketones is 3. The number of Topliss-reactive ketones (excluding diaryl/α,β-unsaturated/α-hetero) is 3. The summed E-state index contributed by atoms with van der Waals surface area (Å²) in [6.07, 6.45) is 3.21. The maximum atomic E-state index is 12.5. The van der Waals surface area contributed by atoms with Gasteiger partial charge in [-0.1, -0.05) is 78.4 Å². The molecule has 0 aromatic heterocycles. The number of carbonyl (C=O) groups excluding carboxylic acids is 4. The Morgan fingerprint density at radius 2 is 1.43 bits per heavy atom. The molecule has 1 atom stereocenters. The summed E-state index contributed by atoms with van der Waals surface area (Å²) in [6, 6.07) is 15.9. The van der Waals surface area contributed by atoms with E-state index in [1.165, 1.54) is 6.08 Å². The molecule has 1 unspecified atom stereocenters. The fourth-order valence-corrected chi connectivity index (χ4v) is 3.06. The lowest BCUT2D eigenvalue weighted by atomic mass is 9.89. The van der Waals surface area contributed by atoms with Crippen LogP contribution in [0.25, 0.3) is 0 Å². The maximum Gasteiger partial charge on any atom is 0.328 e. The van der Waals surface area contributed by atoms with Crippen molar-refractivity contribution in [3.05, 3.63) is 95.1 Å². The highest BCUT2D eigenvalue weighted by Crippen LogP contribution is 2.22. The highest BCUT2D eigenvalue weighted by atomic mass is 16.5.